The van der Waals surface area contributed by atoms with Crippen LogP contribution in [0.2, 0.25) is 0 Å². The summed E-state index contributed by atoms with van der Waals surface area (Å²) in [5.41, 5.74) is 6.40. The van der Waals surface area contributed by atoms with Crippen LogP contribution in [0.25, 0.3) is 0 Å². The summed E-state index contributed by atoms with van der Waals surface area (Å²) in [6, 6.07) is 0. The van der Waals surface area contributed by atoms with E-state index in [1.54, 1.807) is 6.26 Å². The second-order valence-corrected chi connectivity index (χ2v) is 3.21. The standard InChI is InChI=1S/C9H16N2O/c1-7(2)8-6-12-9(11-8)4-3-5-10/h6-7H,3-5,10H2,1-2H3. The topological polar surface area (TPSA) is 52.0 Å². The molecule has 68 valence electrons. The minimum Gasteiger partial charge on any atom is -0.449 e. The van der Waals surface area contributed by atoms with E-state index >= 15 is 0 Å². The molecule has 0 fully saturated rings. The van der Waals surface area contributed by atoms with E-state index in [1.807, 2.05) is 0 Å². The summed E-state index contributed by atoms with van der Waals surface area (Å²) in [5.74, 6) is 1.25. The van der Waals surface area contributed by atoms with Gasteiger partial charge < -0.3 is 10.2 Å². The van der Waals surface area contributed by atoms with Crippen LogP contribution in [0.5, 0.6) is 0 Å². The predicted molar refractivity (Wildman–Crippen MR) is 48.0 cm³/mol. The first kappa shape index (κ1) is 9.26. The highest BCUT2D eigenvalue weighted by Crippen LogP contribution is 2.13. The number of nitrogens with two attached hydrogens (primary N) is 1. The van der Waals surface area contributed by atoms with Gasteiger partial charge in [-0.25, -0.2) is 4.98 Å². The Morgan fingerprint density at radius 2 is 2.33 bits per heavy atom. The Morgan fingerprint density at radius 1 is 1.58 bits per heavy atom. The lowest BCUT2D eigenvalue weighted by Crippen LogP contribution is -2.00. The molecular weight excluding hydrogens is 152 g/mol. The van der Waals surface area contributed by atoms with Crippen LogP contribution >= 0.6 is 0 Å². The third kappa shape index (κ3) is 2.34. The minimum atomic E-state index is 0.445. The van der Waals surface area contributed by atoms with Gasteiger partial charge in [0.15, 0.2) is 5.89 Å². The highest BCUT2D eigenvalue weighted by molar-refractivity contribution is 5.01. The fourth-order valence-electron chi connectivity index (χ4n) is 0.958. The summed E-state index contributed by atoms with van der Waals surface area (Å²) in [6.45, 7) is 4.90. The quantitative estimate of drug-likeness (QED) is 0.744. The highest BCUT2D eigenvalue weighted by Gasteiger charge is 2.05. The molecule has 0 spiro atoms. The molecule has 0 saturated heterocycles. The number of hydrogen-bond acceptors (Lipinski definition) is 3. The zero-order chi connectivity index (χ0) is 8.97. The molecule has 1 rings (SSSR count). The van der Waals surface area contributed by atoms with Gasteiger partial charge in [0.05, 0.1) is 5.69 Å². The normalized spacial score (nSPS) is 11.0. The number of rotatable bonds is 4. The van der Waals surface area contributed by atoms with E-state index in [9.17, 15) is 0 Å². The van der Waals surface area contributed by atoms with Gasteiger partial charge in [0.25, 0.3) is 0 Å². The number of oxazole rings is 1. The van der Waals surface area contributed by atoms with Gasteiger partial charge in [-0.15, -0.1) is 0 Å². The lowest BCUT2D eigenvalue weighted by Gasteiger charge is -1.94. The molecule has 0 unspecified atom stereocenters. The largest absolute Gasteiger partial charge is 0.449 e. The van der Waals surface area contributed by atoms with Crippen LogP contribution in [0.4, 0.5) is 0 Å². The Morgan fingerprint density at radius 3 is 2.83 bits per heavy atom. The molecule has 0 aliphatic carbocycles. The van der Waals surface area contributed by atoms with Crippen molar-refractivity contribution in [3.05, 3.63) is 17.8 Å². The van der Waals surface area contributed by atoms with Crippen molar-refractivity contribution in [1.29, 1.82) is 0 Å². The third-order valence-electron chi connectivity index (χ3n) is 1.76. The van der Waals surface area contributed by atoms with E-state index in [4.69, 9.17) is 10.2 Å². The van der Waals surface area contributed by atoms with E-state index < -0.39 is 0 Å². The maximum atomic E-state index is 5.37. The van der Waals surface area contributed by atoms with E-state index in [-0.39, 0.29) is 0 Å². The summed E-state index contributed by atoms with van der Waals surface area (Å²) < 4.78 is 5.26. The van der Waals surface area contributed by atoms with Crippen molar-refractivity contribution >= 4 is 0 Å². The number of aryl methyl sites for hydroxylation is 1. The molecule has 1 heterocycles. The van der Waals surface area contributed by atoms with E-state index in [0.29, 0.717) is 12.5 Å². The second kappa shape index (κ2) is 4.26. The van der Waals surface area contributed by atoms with Crippen molar-refractivity contribution in [3.8, 4) is 0 Å². The van der Waals surface area contributed by atoms with Crippen LogP contribution < -0.4 is 5.73 Å². The van der Waals surface area contributed by atoms with Crippen LogP contribution in [0, 0.1) is 0 Å². The van der Waals surface area contributed by atoms with Gasteiger partial charge in [-0.2, -0.15) is 0 Å². The molecule has 1 aromatic rings. The van der Waals surface area contributed by atoms with Crippen molar-refractivity contribution in [1.82, 2.24) is 4.98 Å². The lowest BCUT2D eigenvalue weighted by molar-refractivity contribution is 0.488. The number of aromatic nitrogens is 1. The van der Waals surface area contributed by atoms with Crippen LogP contribution in [0.3, 0.4) is 0 Å². The number of hydrogen-bond donors (Lipinski definition) is 1. The van der Waals surface area contributed by atoms with E-state index in [0.717, 1.165) is 24.4 Å². The Kier molecular flexibility index (Phi) is 3.29. The Balaban J connectivity index is 2.52. The summed E-state index contributed by atoms with van der Waals surface area (Å²) >= 11 is 0. The van der Waals surface area contributed by atoms with Crippen LogP contribution in [0.15, 0.2) is 10.7 Å². The van der Waals surface area contributed by atoms with Crippen LogP contribution in [-0.2, 0) is 6.42 Å². The predicted octanol–water partition coefficient (Wildman–Crippen LogP) is 1.69. The second-order valence-electron chi connectivity index (χ2n) is 3.21. The average molecular weight is 168 g/mol. The Bertz CT molecular complexity index is 230. The molecule has 0 aromatic carbocycles. The SMILES string of the molecule is CC(C)c1coc(CCCN)n1. The van der Waals surface area contributed by atoms with Gasteiger partial charge in [-0.05, 0) is 18.9 Å². The molecule has 3 nitrogen and oxygen atoms in total. The van der Waals surface area contributed by atoms with E-state index in [2.05, 4.69) is 18.8 Å². The molecule has 0 bridgehead atoms. The first-order valence-corrected chi connectivity index (χ1v) is 4.38. The Hall–Kier alpha value is -0.830. The molecular formula is C9H16N2O. The maximum absolute atomic E-state index is 5.37. The molecule has 0 saturated carbocycles. The van der Waals surface area contributed by atoms with Gasteiger partial charge >= 0.3 is 0 Å². The zero-order valence-corrected chi connectivity index (χ0v) is 7.71. The smallest absolute Gasteiger partial charge is 0.194 e. The fraction of sp³-hybridized carbons (Fsp3) is 0.667. The summed E-state index contributed by atoms with van der Waals surface area (Å²) in [4.78, 5) is 4.33. The monoisotopic (exact) mass is 168 g/mol. The molecule has 0 amide bonds. The first-order chi connectivity index (χ1) is 5.74. The van der Waals surface area contributed by atoms with Crippen LogP contribution in [0.1, 0.15) is 37.8 Å². The molecule has 0 aliphatic rings. The van der Waals surface area contributed by atoms with Gasteiger partial charge in [0, 0.05) is 6.42 Å². The van der Waals surface area contributed by atoms with Crippen LogP contribution in [-0.4, -0.2) is 11.5 Å². The number of nitrogens with zero attached hydrogens (tertiary/aromatic N) is 1. The van der Waals surface area contributed by atoms with Crippen molar-refractivity contribution in [2.45, 2.75) is 32.6 Å². The van der Waals surface area contributed by atoms with Crippen molar-refractivity contribution in [2.24, 2.45) is 5.73 Å². The third-order valence-corrected chi connectivity index (χ3v) is 1.76. The van der Waals surface area contributed by atoms with Crippen molar-refractivity contribution in [2.75, 3.05) is 6.54 Å². The van der Waals surface area contributed by atoms with Crippen molar-refractivity contribution in [3.63, 3.8) is 0 Å². The molecule has 0 radical (unpaired) electrons. The summed E-state index contributed by atoms with van der Waals surface area (Å²) in [7, 11) is 0. The molecule has 2 N–H and O–H groups in total. The van der Waals surface area contributed by atoms with E-state index in [1.165, 1.54) is 0 Å². The minimum absolute atomic E-state index is 0.445. The Labute approximate surface area is 73.0 Å². The van der Waals surface area contributed by atoms with Gasteiger partial charge in [-0.1, -0.05) is 13.8 Å². The maximum Gasteiger partial charge on any atom is 0.194 e. The van der Waals surface area contributed by atoms with Gasteiger partial charge in [0.1, 0.15) is 6.26 Å². The average Bonchev–Trinajstić information content (AvgIpc) is 2.48. The molecule has 0 aliphatic heterocycles. The molecule has 1 aromatic heterocycles. The van der Waals surface area contributed by atoms with Gasteiger partial charge in [-0.3, -0.25) is 0 Å². The van der Waals surface area contributed by atoms with Crippen molar-refractivity contribution < 1.29 is 4.42 Å². The molecule has 0 atom stereocenters. The molecule has 3 heteroatoms. The fourth-order valence-corrected chi connectivity index (χ4v) is 0.958. The lowest BCUT2D eigenvalue weighted by atomic mass is 10.2. The zero-order valence-electron chi connectivity index (χ0n) is 7.71. The summed E-state index contributed by atoms with van der Waals surface area (Å²) in [5, 5.41) is 0. The van der Waals surface area contributed by atoms with Gasteiger partial charge in [0.2, 0.25) is 0 Å². The highest BCUT2D eigenvalue weighted by atomic mass is 16.3. The summed E-state index contributed by atoms with van der Waals surface area (Å²) in [6.07, 6.45) is 3.53. The molecule has 12 heavy (non-hydrogen) atoms. The first-order valence-electron chi connectivity index (χ1n) is 4.38.